The Hall–Kier alpha value is -4.24. The SMILES string of the molecule is CCOC(=O)C1=C(C)N=c2sc(=Cc3cc(C)n(-c4ccc(F)cc4)c3C)c(=O)n2[C@@H]1c1ccccc1OCC. The molecule has 0 N–H and O–H groups in total. The van der Waals surface area contributed by atoms with Crippen molar-refractivity contribution in [1.29, 1.82) is 0 Å². The zero-order valence-electron chi connectivity index (χ0n) is 23.0. The first-order chi connectivity index (χ1) is 19.2. The van der Waals surface area contributed by atoms with E-state index in [9.17, 15) is 14.0 Å². The molecule has 4 aromatic rings. The number of thiazole rings is 1. The Bertz CT molecular complexity index is 1810. The number of esters is 1. The lowest BCUT2D eigenvalue weighted by Gasteiger charge is -2.26. The fourth-order valence-corrected chi connectivity index (χ4v) is 6.18. The normalized spacial score (nSPS) is 15.2. The smallest absolute Gasteiger partial charge is 0.338 e. The minimum Gasteiger partial charge on any atom is -0.494 e. The van der Waals surface area contributed by atoms with E-state index in [0.717, 1.165) is 22.6 Å². The average Bonchev–Trinajstić information content (AvgIpc) is 3.38. The van der Waals surface area contributed by atoms with Crippen molar-refractivity contribution in [3.05, 3.63) is 114 Å². The third kappa shape index (κ3) is 4.81. The second-order valence-corrected chi connectivity index (χ2v) is 10.4. The van der Waals surface area contributed by atoms with Gasteiger partial charge in [0.05, 0.1) is 29.0 Å². The van der Waals surface area contributed by atoms with Gasteiger partial charge in [0.15, 0.2) is 4.80 Å². The third-order valence-electron chi connectivity index (χ3n) is 6.87. The van der Waals surface area contributed by atoms with Crippen LogP contribution in [-0.4, -0.2) is 28.3 Å². The van der Waals surface area contributed by atoms with Crippen LogP contribution < -0.4 is 19.6 Å². The number of para-hydroxylation sites is 1. The van der Waals surface area contributed by atoms with Crippen LogP contribution in [0.5, 0.6) is 5.75 Å². The van der Waals surface area contributed by atoms with E-state index in [-0.39, 0.29) is 18.0 Å². The van der Waals surface area contributed by atoms with E-state index in [1.54, 1.807) is 30.5 Å². The molecule has 0 amide bonds. The maximum absolute atomic E-state index is 14.0. The highest BCUT2D eigenvalue weighted by Gasteiger charge is 2.35. The number of ether oxygens (including phenoxy) is 2. The summed E-state index contributed by atoms with van der Waals surface area (Å²) in [6, 6.07) is 14.9. The van der Waals surface area contributed by atoms with E-state index in [0.29, 0.717) is 38.5 Å². The van der Waals surface area contributed by atoms with E-state index in [2.05, 4.69) is 4.99 Å². The first kappa shape index (κ1) is 27.3. The van der Waals surface area contributed by atoms with E-state index >= 15 is 0 Å². The molecular weight excluding hydrogens is 529 g/mol. The third-order valence-corrected chi connectivity index (χ3v) is 7.86. The minimum atomic E-state index is -0.758. The van der Waals surface area contributed by atoms with Crippen molar-refractivity contribution in [2.75, 3.05) is 13.2 Å². The first-order valence-electron chi connectivity index (χ1n) is 13.1. The number of hydrogen-bond acceptors (Lipinski definition) is 6. The number of aromatic nitrogens is 2. The molecular formula is C31H30FN3O4S. The Morgan fingerprint density at radius 1 is 1.07 bits per heavy atom. The topological polar surface area (TPSA) is 74.8 Å². The van der Waals surface area contributed by atoms with Gasteiger partial charge < -0.3 is 14.0 Å². The van der Waals surface area contributed by atoms with Gasteiger partial charge in [-0.25, -0.2) is 14.2 Å². The van der Waals surface area contributed by atoms with Crippen molar-refractivity contribution in [1.82, 2.24) is 9.13 Å². The molecule has 5 rings (SSSR count). The van der Waals surface area contributed by atoms with Gasteiger partial charge in [-0.05, 0) is 82.7 Å². The van der Waals surface area contributed by atoms with Gasteiger partial charge in [0.2, 0.25) is 0 Å². The predicted molar refractivity (Wildman–Crippen MR) is 153 cm³/mol. The Morgan fingerprint density at radius 3 is 2.50 bits per heavy atom. The first-order valence-corrected chi connectivity index (χ1v) is 13.9. The van der Waals surface area contributed by atoms with Crippen LogP contribution in [0.3, 0.4) is 0 Å². The Kier molecular flexibility index (Phi) is 7.58. The van der Waals surface area contributed by atoms with Gasteiger partial charge in [-0.15, -0.1) is 0 Å². The summed E-state index contributed by atoms with van der Waals surface area (Å²) in [7, 11) is 0. The van der Waals surface area contributed by atoms with Crippen molar-refractivity contribution < 1.29 is 18.7 Å². The number of benzene rings is 2. The summed E-state index contributed by atoms with van der Waals surface area (Å²) >= 11 is 1.27. The molecule has 0 radical (unpaired) electrons. The number of nitrogens with zero attached hydrogens (tertiary/aromatic N) is 3. The molecule has 40 heavy (non-hydrogen) atoms. The van der Waals surface area contributed by atoms with E-state index in [1.165, 1.54) is 23.5 Å². The van der Waals surface area contributed by atoms with Gasteiger partial charge in [-0.2, -0.15) is 0 Å². The largest absolute Gasteiger partial charge is 0.494 e. The van der Waals surface area contributed by atoms with Gasteiger partial charge >= 0.3 is 5.97 Å². The van der Waals surface area contributed by atoms with Crippen LogP contribution >= 0.6 is 11.3 Å². The van der Waals surface area contributed by atoms with Crippen LogP contribution in [0.25, 0.3) is 11.8 Å². The number of halogens is 1. The minimum absolute atomic E-state index is 0.198. The van der Waals surface area contributed by atoms with Gasteiger partial charge in [0.1, 0.15) is 17.6 Å². The summed E-state index contributed by atoms with van der Waals surface area (Å²) in [5.41, 5.74) is 4.78. The van der Waals surface area contributed by atoms with Gasteiger partial charge in [0.25, 0.3) is 5.56 Å². The summed E-state index contributed by atoms with van der Waals surface area (Å²) in [5, 5.41) is 0. The zero-order valence-corrected chi connectivity index (χ0v) is 23.8. The Balaban J connectivity index is 1.71. The van der Waals surface area contributed by atoms with Crippen LogP contribution in [0.2, 0.25) is 0 Å². The number of hydrogen-bond donors (Lipinski definition) is 0. The van der Waals surface area contributed by atoms with Crippen molar-refractivity contribution >= 4 is 23.4 Å². The quantitative estimate of drug-likeness (QED) is 0.307. The highest BCUT2D eigenvalue weighted by molar-refractivity contribution is 7.07. The molecule has 0 fully saturated rings. The number of fused-ring (bicyclic) bond motifs is 1. The van der Waals surface area contributed by atoms with Crippen LogP contribution in [0.4, 0.5) is 4.39 Å². The number of carbonyl (C=O) groups excluding carboxylic acids is 1. The van der Waals surface area contributed by atoms with Gasteiger partial charge in [0, 0.05) is 22.6 Å². The van der Waals surface area contributed by atoms with E-state index in [4.69, 9.17) is 9.47 Å². The fraction of sp³-hybridized carbons (Fsp3) is 0.258. The lowest BCUT2D eigenvalue weighted by Crippen LogP contribution is -2.40. The van der Waals surface area contributed by atoms with Gasteiger partial charge in [-0.3, -0.25) is 9.36 Å². The molecule has 1 atom stereocenters. The molecule has 0 saturated carbocycles. The maximum Gasteiger partial charge on any atom is 0.338 e. The van der Waals surface area contributed by atoms with Crippen molar-refractivity contribution in [3.63, 3.8) is 0 Å². The molecule has 0 saturated heterocycles. The molecule has 206 valence electrons. The number of carbonyl (C=O) groups is 1. The maximum atomic E-state index is 14.0. The van der Waals surface area contributed by atoms with Crippen LogP contribution in [-0.2, 0) is 9.53 Å². The van der Waals surface area contributed by atoms with Crippen molar-refractivity contribution in [2.45, 2.75) is 40.7 Å². The van der Waals surface area contributed by atoms with Gasteiger partial charge in [-0.1, -0.05) is 29.5 Å². The molecule has 9 heteroatoms. The zero-order chi connectivity index (χ0) is 28.6. The Labute approximate surface area is 235 Å². The monoisotopic (exact) mass is 559 g/mol. The molecule has 2 aromatic heterocycles. The standard InChI is InChI=1S/C31H30FN3O4S/c1-6-38-25-11-9-8-10-24(25)28-27(30(37)39-7-2)19(4)33-31-35(28)29(36)26(40-31)17-21-16-18(3)34(20(21)5)23-14-12-22(32)13-15-23/h8-17,28H,6-7H2,1-5H3/t28-/m1/s1. The molecule has 0 bridgehead atoms. The second kappa shape index (κ2) is 11.1. The molecule has 0 unspecified atom stereocenters. The highest BCUT2D eigenvalue weighted by Crippen LogP contribution is 2.35. The molecule has 2 aromatic carbocycles. The fourth-order valence-electron chi connectivity index (χ4n) is 5.14. The van der Waals surface area contributed by atoms with E-state index in [1.807, 2.05) is 61.7 Å². The Morgan fingerprint density at radius 2 is 1.80 bits per heavy atom. The summed E-state index contributed by atoms with van der Waals surface area (Å²) in [5.74, 6) is -0.230. The van der Waals surface area contributed by atoms with Crippen molar-refractivity contribution in [3.8, 4) is 11.4 Å². The molecule has 0 aliphatic carbocycles. The summed E-state index contributed by atoms with van der Waals surface area (Å²) in [6.45, 7) is 9.95. The van der Waals surface area contributed by atoms with Crippen LogP contribution in [0.15, 0.2) is 75.7 Å². The molecule has 7 nitrogen and oxygen atoms in total. The lowest BCUT2D eigenvalue weighted by molar-refractivity contribution is -0.139. The number of allylic oxidation sites excluding steroid dienone is 1. The highest BCUT2D eigenvalue weighted by atomic mass is 32.1. The molecule has 1 aliphatic rings. The van der Waals surface area contributed by atoms with Crippen LogP contribution in [0.1, 0.15) is 49.3 Å². The van der Waals surface area contributed by atoms with Crippen molar-refractivity contribution in [2.24, 2.45) is 4.99 Å². The predicted octanol–water partition coefficient (Wildman–Crippen LogP) is 4.74. The summed E-state index contributed by atoms with van der Waals surface area (Å²) in [4.78, 5) is 32.4. The number of aryl methyl sites for hydroxylation is 1. The molecule has 0 spiro atoms. The lowest BCUT2D eigenvalue weighted by atomic mass is 9.95. The molecule has 3 heterocycles. The van der Waals surface area contributed by atoms with Crippen LogP contribution in [0, 0.1) is 19.7 Å². The summed E-state index contributed by atoms with van der Waals surface area (Å²) in [6.07, 6.45) is 1.85. The van der Waals surface area contributed by atoms with E-state index < -0.39 is 12.0 Å². The second-order valence-electron chi connectivity index (χ2n) is 9.41. The summed E-state index contributed by atoms with van der Waals surface area (Å²) < 4.78 is 28.9. The average molecular weight is 560 g/mol. The number of rotatable bonds is 7. The molecule has 1 aliphatic heterocycles.